The Labute approximate surface area is 192 Å². The third-order valence-corrected chi connectivity index (χ3v) is 5.01. The van der Waals surface area contributed by atoms with Crippen LogP contribution in [0.3, 0.4) is 0 Å². The van der Waals surface area contributed by atoms with E-state index in [0.717, 1.165) is 5.56 Å². The summed E-state index contributed by atoms with van der Waals surface area (Å²) in [6.07, 6.45) is 0. The van der Waals surface area contributed by atoms with Crippen molar-refractivity contribution in [1.29, 1.82) is 0 Å². The lowest BCUT2D eigenvalue weighted by atomic mass is 10.1. The predicted molar refractivity (Wildman–Crippen MR) is 131 cm³/mol. The Kier molecular flexibility index (Phi) is 6.54. The Balaban J connectivity index is 1.54. The van der Waals surface area contributed by atoms with E-state index >= 15 is 0 Å². The standard InChI is InChI=1S/C27H21ClN2O2/c1-19(20-9-3-2-4-10-20)29-24-12-6-5-11-23(24)27(31)30-25-13-7-8-14-26(25)32-22-17-15-21(28)16-18-22/h2-18,29H,1H2,(H,30,31). The maximum Gasteiger partial charge on any atom is 0.257 e. The molecule has 32 heavy (non-hydrogen) atoms. The van der Waals surface area contributed by atoms with Gasteiger partial charge in [-0.15, -0.1) is 0 Å². The van der Waals surface area contributed by atoms with Gasteiger partial charge in [0.15, 0.2) is 5.75 Å². The van der Waals surface area contributed by atoms with E-state index in [9.17, 15) is 4.79 Å². The van der Waals surface area contributed by atoms with Crippen molar-refractivity contribution in [1.82, 2.24) is 0 Å². The van der Waals surface area contributed by atoms with Gasteiger partial charge < -0.3 is 15.4 Å². The van der Waals surface area contributed by atoms with Gasteiger partial charge in [-0.3, -0.25) is 4.79 Å². The van der Waals surface area contributed by atoms with E-state index in [1.807, 2.05) is 60.7 Å². The topological polar surface area (TPSA) is 50.4 Å². The molecule has 0 atom stereocenters. The lowest BCUT2D eigenvalue weighted by molar-refractivity contribution is 0.102. The highest BCUT2D eigenvalue weighted by Gasteiger charge is 2.14. The monoisotopic (exact) mass is 440 g/mol. The van der Waals surface area contributed by atoms with Crippen LogP contribution in [0.5, 0.6) is 11.5 Å². The molecular weight excluding hydrogens is 420 g/mol. The Bertz CT molecular complexity index is 1240. The third-order valence-electron chi connectivity index (χ3n) is 4.76. The molecule has 4 rings (SSSR count). The van der Waals surface area contributed by atoms with Crippen molar-refractivity contribution in [3.05, 3.63) is 126 Å². The number of nitrogens with one attached hydrogen (secondary N) is 2. The summed E-state index contributed by atoms with van der Waals surface area (Å²) in [7, 11) is 0. The minimum Gasteiger partial charge on any atom is -0.455 e. The summed E-state index contributed by atoms with van der Waals surface area (Å²) in [6, 6.07) is 31.4. The number of halogens is 1. The van der Waals surface area contributed by atoms with Crippen LogP contribution in [-0.2, 0) is 0 Å². The van der Waals surface area contributed by atoms with Crippen molar-refractivity contribution < 1.29 is 9.53 Å². The van der Waals surface area contributed by atoms with Crippen LogP contribution in [0.2, 0.25) is 5.02 Å². The maximum absolute atomic E-state index is 13.1. The van der Waals surface area contributed by atoms with Crippen molar-refractivity contribution in [2.75, 3.05) is 10.6 Å². The number of hydrogen-bond donors (Lipinski definition) is 2. The maximum atomic E-state index is 13.1. The molecule has 0 aromatic heterocycles. The number of benzene rings is 4. The van der Waals surface area contributed by atoms with Crippen molar-refractivity contribution in [2.45, 2.75) is 0 Å². The van der Waals surface area contributed by atoms with Crippen LogP contribution in [0.15, 0.2) is 110 Å². The molecule has 4 aromatic rings. The van der Waals surface area contributed by atoms with Gasteiger partial charge in [0.05, 0.1) is 16.9 Å². The third kappa shape index (κ3) is 5.17. The van der Waals surface area contributed by atoms with Crippen molar-refractivity contribution in [3.8, 4) is 11.5 Å². The first kappa shape index (κ1) is 21.2. The highest BCUT2D eigenvalue weighted by Crippen LogP contribution is 2.31. The number of rotatable bonds is 7. The molecular formula is C27H21ClN2O2. The second kappa shape index (κ2) is 9.86. The van der Waals surface area contributed by atoms with Gasteiger partial charge in [0.2, 0.25) is 0 Å². The fraction of sp³-hybridized carbons (Fsp3) is 0. The highest BCUT2D eigenvalue weighted by atomic mass is 35.5. The van der Waals surface area contributed by atoms with Crippen LogP contribution in [0.1, 0.15) is 15.9 Å². The minimum atomic E-state index is -0.263. The van der Waals surface area contributed by atoms with Gasteiger partial charge in [-0.05, 0) is 54.1 Å². The van der Waals surface area contributed by atoms with E-state index in [0.29, 0.717) is 39.2 Å². The van der Waals surface area contributed by atoms with Gasteiger partial charge in [0.25, 0.3) is 5.91 Å². The van der Waals surface area contributed by atoms with E-state index < -0.39 is 0 Å². The summed E-state index contributed by atoms with van der Waals surface area (Å²) in [5.74, 6) is 0.890. The molecule has 1 amide bonds. The SMILES string of the molecule is C=C(Nc1ccccc1C(=O)Nc1ccccc1Oc1ccc(Cl)cc1)c1ccccc1. The van der Waals surface area contributed by atoms with Gasteiger partial charge in [0, 0.05) is 10.7 Å². The van der Waals surface area contributed by atoms with Gasteiger partial charge in [-0.1, -0.05) is 72.8 Å². The summed E-state index contributed by atoms with van der Waals surface area (Å²) in [6.45, 7) is 4.10. The number of hydrogen-bond acceptors (Lipinski definition) is 3. The molecule has 4 nitrogen and oxygen atoms in total. The smallest absolute Gasteiger partial charge is 0.257 e. The second-order valence-corrected chi connectivity index (χ2v) is 7.46. The molecule has 0 saturated heterocycles. The summed E-state index contributed by atoms with van der Waals surface area (Å²) in [4.78, 5) is 13.1. The van der Waals surface area contributed by atoms with Crippen LogP contribution in [0.25, 0.3) is 5.70 Å². The second-order valence-electron chi connectivity index (χ2n) is 7.02. The average Bonchev–Trinajstić information content (AvgIpc) is 2.82. The fourth-order valence-electron chi connectivity index (χ4n) is 3.14. The number of carbonyl (C=O) groups excluding carboxylic acids is 1. The largest absolute Gasteiger partial charge is 0.455 e. The van der Waals surface area contributed by atoms with E-state index in [2.05, 4.69) is 17.2 Å². The molecule has 158 valence electrons. The minimum absolute atomic E-state index is 0.263. The summed E-state index contributed by atoms with van der Waals surface area (Å²) in [5.41, 5.74) is 3.37. The van der Waals surface area contributed by atoms with Gasteiger partial charge in [0.1, 0.15) is 5.75 Å². The molecule has 4 aromatic carbocycles. The van der Waals surface area contributed by atoms with Crippen molar-refractivity contribution in [3.63, 3.8) is 0 Å². The van der Waals surface area contributed by atoms with Gasteiger partial charge in [-0.25, -0.2) is 0 Å². The van der Waals surface area contributed by atoms with Crippen LogP contribution < -0.4 is 15.4 Å². The van der Waals surface area contributed by atoms with E-state index in [1.54, 1.807) is 42.5 Å². The molecule has 0 bridgehead atoms. The number of para-hydroxylation sites is 3. The summed E-state index contributed by atoms with van der Waals surface area (Å²) < 4.78 is 5.95. The molecule has 0 unspecified atom stereocenters. The quantitative estimate of drug-likeness (QED) is 0.313. The van der Waals surface area contributed by atoms with Crippen LogP contribution >= 0.6 is 11.6 Å². The van der Waals surface area contributed by atoms with Gasteiger partial charge >= 0.3 is 0 Å². The predicted octanol–water partition coefficient (Wildman–Crippen LogP) is 7.47. The zero-order chi connectivity index (χ0) is 22.3. The molecule has 0 aliphatic rings. The Morgan fingerprint density at radius 3 is 2.09 bits per heavy atom. The number of anilines is 2. The molecule has 0 aliphatic carbocycles. The van der Waals surface area contributed by atoms with Gasteiger partial charge in [-0.2, -0.15) is 0 Å². The molecule has 0 heterocycles. The van der Waals surface area contributed by atoms with E-state index in [4.69, 9.17) is 16.3 Å². The average molecular weight is 441 g/mol. The summed E-state index contributed by atoms with van der Waals surface area (Å²) >= 11 is 5.95. The lowest BCUT2D eigenvalue weighted by Gasteiger charge is -2.16. The number of ether oxygens (including phenoxy) is 1. The molecule has 0 saturated carbocycles. The zero-order valence-corrected chi connectivity index (χ0v) is 18.0. The normalized spacial score (nSPS) is 10.3. The number of carbonyl (C=O) groups is 1. The number of amides is 1. The zero-order valence-electron chi connectivity index (χ0n) is 17.2. The Morgan fingerprint density at radius 2 is 1.34 bits per heavy atom. The van der Waals surface area contributed by atoms with Crippen molar-refractivity contribution in [2.24, 2.45) is 0 Å². The van der Waals surface area contributed by atoms with Crippen LogP contribution in [0, 0.1) is 0 Å². The molecule has 2 N–H and O–H groups in total. The first-order valence-corrected chi connectivity index (χ1v) is 10.4. The van der Waals surface area contributed by atoms with Crippen LogP contribution in [-0.4, -0.2) is 5.91 Å². The lowest BCUT2D eigenvalue weighted by Crippen LogP contribution is -2.15. The first-order chi connectivity index (χ1) is 15.6. The molecule has 0 fully saturated rings. The van der Waals surface area contributed by atoms with Crippen molar-refractivity contribution >= 4 is 34.6 Å². The molecule has 0 radical (unpaired) electrons. The Hall–Kier alpha value is -4.02. The molecule has 0 spiro atoms. The van der Waals surface area contributed by atoms with E-state index in [1.165, 1.54) is 0 Å². The van der Waals surface area contributed by atoms with E-state index in [-0.39, 0.29) is 5.91 Å². The molecule has 0 aliphatic heterocycles. The highest BCUT2D eigenvalue weighted by molar-refractivity contribution is 6.30. The fourth-order valence-corrected chi connectivity index (χ4v) is 3.27. The Morgan fingerprint density at radius 1 is 0.719 bits per heavy atom. The molecule has 5 heteroatoms. The summed E-state index contributed by atoms with van der Waals surface area (Å²) in [5, 5.41) is 6.83. The van der Waals surface area contributed by atoms with Crippen LogP contribution in [0.4, 0.5) is 11.4 Å². The first-order valence-electron chi connectivity index (χ1n) is 10.0.